The van der Waals surface area contributed by atoms with E-state index in [1.807, 2.05) is 36.4 Å². The van der Waals surface area contributed by atoms with Crippen molar-refractivity contribution in [2.75, 3.05) is 0 Å². The van der Waals surface area contributed by atoms with Crippen LogP contribution < -0.4 is 0 Å². The third-order valence-corrected chi connectivity index (χ3v) is 3.15. The van der Waals surface area contributed by atoms with Gasteiger partial charge in [-0.25, -0.2) is 0 Å². The molecule has 0 saturated heterocycles. The molecule has 0 aliphatic carbocycles. The predicted octanol–water partition coefficient (Wildman–Crippen LogP) is 2.97. The van der Waals surface area contributed by atoms with Gasteiger partial charge in [-0.15, -0.1) is 10.2 Å². The molecule has 20 heavy (non-hydrogen) atoms. The van der Waals surface area contributed by atoms with Gasteiger partial charge in [-0.3, -0.25) is 0 Å². The lowest BCUT2D eigenvalue weighted by Crippen LogP contribution is -2.03. The van der Waals surface area contributed by atoms with Crippen LogP contribution >= 0.6 is 0 Å². The molecule has 1 heterocycles. The third-order valence-electron chi connectivity index (χ3n) is 3.15. The Balaban J connectivity index is 1.58. The standard InChI is InChI=1S/C16H16N4/c1-3-8-14(9-4-1)10-7-13-20-18-16(17-19-20)15-11-5-2-6-12-15/h1-6,8-9,11-12H,7,10,13H2. The fraction of sp³-hybridized carbons (Fsp3) is 0.188. The van der Waals surface area contributed by atoms with Crippen LogP contribution in [-0.2, 0) is 13.0 Å². The average molecular weight is 264 g/mol. The number of hydrogen-bond donors (Lipinski definition) is 0. The second-order valence-corrected chi connectivity index (χ2v) is 4.66. The normalized spacial score (nSPS) is 10.6. The van der Waals surface area contributed by atoms with Crippen molar-refractivity contribution in [3.8, 4) is 11.4 Å². The summed E-state index contributed by atoms with van der Waals surface area (Å²) in [5, 5.41) is 12.6. The molecule has 0 aliphatic heterocycles. The van der Waals surface area contributed by atoms with Gasteiger partial charge in [0.15, 0.2) is 0 Å². The molecule has 3 rings (SSSR count). The highest BCUT2D eigenvalue weighted by atomic mass is 15.6. The molecule has 0 fully saturated rings. The minimum Gasteiger partial charge on any atom is -0.164 e. The molecule has 1 aromatic heterocycles. The zero-order chi connectivity index (χ0) is 13.6. The first-order valence-corrected chi connectivity index (χ1v) is 6.79. The van der Waals surface area contributed by atoms with E-state index in [2.05, 4.69) is 39.7 Å². The molecule has 3 aromatic rings. The summed E-state index contributed by atoms with van der Waals surface area (Å²) in [5.41, 5.74) is 2.35. The molecular formula is C16H16N4. The van der Waals surface area contributed by atoms with E-state index in [1.54, 1.807) is 4.80 Å². The number of rotatable bonds is 5. The monoisotopic (exact) mass is 264 g/mol. The Kier molecular flexibility index (Phi) is 3.83. The molecule has 4 nitrogen and oxygen atoms in total. The Morgan fingerprint density at radius 3 is 2.30 bits per heavy atom. The van der Waals surface area contributed by atoms with Gasteiger partial charge in [-0.1, -0.05) is 60.7 Å². The van der Waals surface area contributed by atoms with Gasteiger partial charge >= 0.3 is 0 Å². The van der Waals surface area contributed by atoms with Crippen LogP contribution in [0.5, 0.6) is 0 Å². The molecule has 2 aromatic carbocycles. The lowest BCUT2D eigenvalue weighted by atomic mass is 10.1. The van der Waals surface area contributed by atoms with E-state index in [0.29, 0.717) is 5.82 Å². The highest BCUT2D eigenvalue weighted by Crippen LogP contribution is 2.12. The van der Waals surface area contributed by atoms with E-state index >= 15 is 0 Å². The van der Waals surface area contributed by atoms with Crippen LogP contribution in [0.3, 0.4) is 0 Å². The van der Waals surface area contributed by atoms with Gasteiger partial charge < -0.3 is 0 Å². The summed E-state index contributed by atoms with van der Waals surface area (Å²) in [5.74, 6) is 0.685. The van der Waals surface area contributed by atoms with Crippen molar-refractivity contribution in [2.45, 2.75) is 19.4 Å². The summed E-state index contributed by atoms with van der Waals surface area (Å²) in [6.07, 6.45) is 2.04. The second-order valence-electron chi connectivity index (χ2n) is 4.66. The quantitative estimate of drug-likeness (QED) is 0.711. The minimum atomic E-state index is 0.685. The fourth-order valence-corrected chi connectivity index (χ4v) is 2.11. The van der Waals surface area contributed by atoms with Gasteiger partial charge in [0.1, 0.15) is 0 Å². The summed E-state index contributed by atoms with van der Waals surface area (Å²) >= 11 is 0. The van der Waals surface area contributed by atoms with Crippen LogP contribution in [-0.4, -0.2) is 20.2 Å². The molecule has 0 spiro atoms. The Labute approximate surface area is 118 Å². The van der Waals surface area contributed by atoms with E-state index in [1.165, 1.54) is 5.56 Å². The Bertz CT molecular complexity index is 647. The van der Waals surface area contributed by atoms with Crippen molar-refractivity contribution in [2.24, 2.45) is 0 Å². The van der Waals surface area contributed by atoms with Crippen molar-refractivity contribution in [3.05, 3.63) is 66.2 Å². The first-order chi connectivity index (χ1) is 9.92. The third kappa shape index (κ3) is 3.09. The lowest BCUT2D eigenvalue weighted by Gasteiger charge is -2.00. The maximum absolute atomic E-state index is 4.41. The SMILES string of the molecule is c1ccc(CCCn2nnc(-c3ccccc3)n2)cc1. The maximum Gasteiger partial charge on any atom is 0.204 e. The average Bonchev–Trinajstić information content (AvgIpc) is 2.98. The number of hydrogen-bond acceptors (Lipinski definition) is 3. The van der Waals surface area contributed by atoms with Crippen LogP contribution in [0.15, 0.2) is 60.7 Å². The Morgan fingerprint density at radius 1 is 0.850 bits per heavy atom. The molecule has 100 valence electrons. The number of tetrazole rings is 1. The number of aryl methyl sites for hydroxylation is 2. The van der Waals surface area contributed by atoms with Crippen molar-refractivity contribution >= 4 is 0 Å². The summed E-state index contributed by atoms with van der Waals surface area (Å²) in [7, 11) is 0. The predicted molar refractivity (Wildman–Crippen MR) is 78.0 cm³/mol. The van der Waals surface area contributed by atoms with Crippen molar-refractivity contribution in [1.82, 2.24) is 20.2 Å². The molecule has 0 amide bonds. The van der Waals surface area contributed by atoms with Crippen molar-refractivity contribution in [3.63, 3.8) is 0 Å². The first kappa shape index (κ1) is 12.5. The summed E-state index contributed by atoms with van der Waals surface area (Å²) < 4.78 is 0. The molecule has 0 N–H and O–H groups in total. The molecule has 0 atom stereocenters. The van der Waals surface area contributed by atoms with E-state index in [0.717, 1.165) is 24.9 Å². The number of benzene rings is 2. The smallest absolute Gasteiger partial charge is 0.164 e. The molecule has 4 heteroatoms. The lowest BCUT2D eigenvalue weighted by molar-refractivity contribution is 0.500. The van der Waals surface area contributed by atoms with Gasteiger partial charge in [-0.05, 0) is 23.6 Å². The van der Waals surface area contributed by atoms with Crippen LogP contribution in [0.4, 0.5) is 0 Å². The van der Waals surface area contributed by atoms with E-state index < -0.39 is 0 Å². The summed E-state index contributed by atoms with van der Waals surface area (Å²) in [4.78, 5) is 1.67. The zero-order valence-electron chi connectivity index (χ0n) is 11.2. The highest BCUT2D eigenvalue weighted by molar-refractivity contribution is 5.52. The van der Waals surface area contributed by atoms with E-state index in [-0.39, 0.29) is 0 Å². The highest BCUT2D eigenvalue weighted by Gasteiger charge is 2.04. The Hall–Kier alpha value is -2.49. The molecule has 0 radical (unpaired) electrons. The summed E-state index contributed by atoms with van der Waals surface area (Å²) in [6, 6.07) is 20.4. The molecule has 0 bridgehead atoms. The van der Waals surface area contributed by atoms with Crippen LogP contribution in [0.25, 0.3) is 11.4 Å². The van der Waals surface area contributed by atoms with Crippen LogP contribution in [0.1, 0.15) is 12.0 Å². The van der Waals surface area contributed by atoms with Gasteiger partial charge in [0.05, 0.1) is 6.54 Å². The fourth-order valence-electron chi connectivity index (χ4n) is 2.11. The van der Waals surface area contributed by atoms with E-state index in [9.17, 15) is 0 Å². The van der Waals surface area contributed by atoms with Gasteiger partial charge in [0, 0.05) is 5.56 Å². The Morgan fingerprint density at radius 2 is 1.55 bits per heavy atom. The van der Waals surface area contributed by atoms with Gasteiger partial charge in [0.2, 0.25) is 5.82 Å². The molecule has 0 unspecified atom stereocenters. The van der Waals surface area contributed by atoms with Crippen LogP contribution in [0, 0.1) is 0 Å². The van der Waals surface area contributed by atoms with Crippen molar-refractivity contribution in [1.29, 1.82) is 0 Å². The topological polar surface area (TPSA) is 43.6 Å². The zero-order valence-corrected chi connectivity index (χ0v) is 11.2. The molecule has 0 saturated carbocycles. The largest absolute Gasteiger partial charge is 0.204 e. The molecular weight excluding hydrogens is 248 g/mol. The van der Waals surface area contributed by atoms with Gasteiger partial charge in [-0.2, -0.15) is 4.80 Å². The van der Waals surface area contributed by atoms with Crippen molar-refractivity contribution < 1.29 is 0 Å². The minimum absolute atomic E-state index is 0.685. The maximum atomic E-state index is 4.41. The number of aromatic nitrogens is 4. The van der Waals surface area contributed by atoms with Gasteiger partial charge in [0.25, 0.3) is 0 Å². The second kappa shape index (κ2) is 6.10. The molecule has 0 aliphatic rings. The summed E-state index contributed by atoms with van der Waals surface area (Å²) in [6.45, 7) is 0.786. The number of nitrogens with zero attached hydrogens (tertiary/aromatic N) is 4. The van der Waals surface area contributed by atoms with Crippen LogP contribution in [0.2, 0.25) is 0 Å². The first-order valence-electron chi connectivity index (χ1n) is 6.79. The van der Waals surface area contributed by atoms with E-state index in [4.69, 9.17) is 0 Å².